The molecule has 1 fully saturated rings. The van der Waals surface area contributed by atoms with Gasteiger partial charge in [0, 0.05) is 24.7 Å². The maximum atomic E-state index is 12.7. The molecule has 0 radical (unpaired) electrons. The van der Waals surface area contributed by atoms with E-state index in [9.17, 15) is 14.4 Å². The lowest BCUT2D eigenvalue weighted by molar-refractivity contribution is -0.122. The Morgan fingerprint density at radius 3 is 2.53 bits per heavy atom. The fourth-order valence-corrected chi connectivity index (χ4v) is 4.06. The van der Waals surface area contributed by atoms with Gasteiger partial charge in [0.2, 0.25) is 0 Å². The molecule has 168 valence electrons. The number of hydrogen-bond donors (Lipinski definition) is 2. The van der Waals surface area contributed by atoms with Crippen LogP contribution in [0.4, 0.5) is 4.79 Å². The zero-order chi connectivity index (χ0) is 23.5. The van der Waals surface area contributed by atoms with Crippen LogP contribution >= 0.6 is 24.0 Å². The summed E-state index contributed by atoms with van der Waals surface area (Å²) in [7, 11) is 0. The number of carboxylic acids is 1. The van der Waals surface area contributed by atoms with Crippen molar-refractivity contribution in [2.75, 3.05) is 13.1 Å². The quantitative estimate of drug-likeness (QED) is 0.469. The minimum Gasteiger partial charge on any atom is -0.478 e. The number of thioether (sulfide) groups is 1. The van der Waals surface area contributed by atoms with E-state index in [1.54, 1.807) is 51.1 Å². The number of benzene rings is 1. The van der Waals surface area contributed by atoms with Gasteiger partial charge in [0.25, 0.3) is 5.91 Å². The summed E-state index contributed by atoms with van der Waals surface area (Å²) in [6.45, 7) is 5.73. The number of rotatable bonds is 6. The molecule has 1 aliphatic heterocycles. The first-order valence-electron chi connectivity index (χ1n) is 9.69. The molecule has 2 N–H and O–H groups in total. The minimum absolute atomic E-state index is 0.186. The number of hydrogen-bond acceptors (Lipinski definition) is 7. The van der Waals surface area contributed by atoms with Gasteiger partial charge in [-0.05, 0) is 45.0 Å². The average molecular weight is 475 g/mol. The van der Waals surface area contributed by atoms with Crippen molar-refractivity contribution in [1.82, 2.24) is 10.2 Å². The third-order valence-corrected chi connectivity index (χ3v) is 5.57. The number of alkyl carbamates (subject to hydrolysis) is 1. The molecule has 0 unspecified atom stereocenters. The van der Waals surface area contributed by atoms with Crippen LogP contribution in [-0.2, 0) is 9.53 Å². The molecule has 2 heterocycles. The monoisotopic (exact) mass is 474 g/mol. The van der Waals surface area contributed by atoms with Crippen molar-refractivity contribution in [2.45, 2.75) is 26.4 Å². The summed E-state index contributed by atoms with van der Waals surface area (Å²) in [5.41, 5.74) is 0.301. The molecule has 1 aromatic carbocycles. The lowest BCUT2D eigenvalue weighted by atomic mass is 10.1. The smallest absolute Gasteiger partial charge is 0.407 e. The number of carbonyl (C=O) groups excluding carboxylic acids is 2. The minimum atomic E-state index is -1.000. The normalized spacial score (nSPS) is 15.3. The molecule has 0 saturated carbocycles. The summed E-state index contributed by atoms with van der Waals surface area (Å²) in [6, 6.07) is 9.77. The second kappa shape index (κ2) is 9.58. The Morgan fingerprint density at radius 2 is 1.91 bits per heavy atom. The number of nitrogens with zero attached hydrogens (tertiary/aromatic N) is 1. The van der Waals surface area contributed by atoms with Gasteiger partial charge in [0.05, 0.1) is 10.5 Å². The molecule has 1 aliphatic rings. The molecule has 32 heavy (non-hydrogen) atoms. The molecule has 0 bridgehead atoms. The molecular weight excluding hydrogens is 452 g/mol. The standard InChI is InChI=1S/C22H22N2O6S2/c1-22(2,3)30-20(28)23-10-11-24-18(25)17(32-21(24)31)12-15-8-9-16(29-15)13-4-6-14(7-5-13)19(26)27/h4-9,12H,10-11H2,1-3H3,(H,23,28)(H,26,27). The highest BCUT2D eigenvalue weighted by atomic mass is 32.2. The van der Waals surface area contributed by atoms with E-state index in [2.05, 4.69) is 5.32 Å². The van der Waals surface area contributed by atoms with Crippen molar-refractivity contribution < 1.29 is 28.6 Å². The van der Waals surface area contributed by atoms with E-state index in [1.807, 2.05) is 0 Å². The van der Waals surface area contributed by atoms with Gasteiger partial charge in [-0.15, -0.1) is 0 Å². The summed E-state index contributed by atoms with van der Waals surface area (Å²) < 4.78 is 11.3. The van der Waals surface area contributed by atoms with E-state index in [-0.39, 0.29) is 24.6 Å². The van der Waals surface area contributed by atoms with Crippen molar-refractivity contribution in [1.29, 1.82) is 0 Å². The molecule has 2 aromatic rings. The van der Waals surface area contributed by atoms with E-state index >= 15 is 0 Å². The van der Waals surface area contributed by atoms with Gasteiger partial charge < -0.3 is 19.6 Å². The van der Waals surface area contributed by atoms with Crippen LogP contribution in [0.5, 0.6) is 0 Å². The molecule has 1 aromatic heterocycles. The fourth-order valence-electron chi connectivity index (χ4n) is 2.77. The molecule has 8 nitrogen and oxygen atoms in total. The number of furan rings is 1. The fraction of sp³-hybridized carbons (Fsp3) is 0.273. The van der Waals surface area contributed by atoms with Crippen LogP contribution in [0.1, 0.15) is 36.9 Å². The van der Waals surface area contributed by atoms with Crippen LogP contribution in [0.25, 0.3) is 17.4 Å². The highest BCUT2D eigenvalue weighted by Crippen LogP contribution is 2.33. The number of carboxylic acid groups (broad SMARTS) is 1. The molecule has 0 spiro atoms. The molecule has 3 rings (SSSR count). The lowest BCUT2D eigenvalue weighted by Crippen LogP contribution is -2.39. The highest BCUT2D eigenvalue weighted by molar-refractivity contribution is 8.26. The Morgan fingerprint density at radius 1 is 1.22 bits per heavy atom. The molecular formula is C22H22N2O6S2. The Balaban J connectivity index is 1.62. The second-order valence-corrected chi connectivity index (χ2v) is 9.52. The average Bonchev–Trinajstić information content (AvgIpc) is 3.27. The molecule has 0 aliphatic carbocycles. The summed E-state index contributed by atoms with van der Waals surface area (Å²) in [6.07, 6.45) is 1.05. The van der Waals surface area contributed by atoms with Gasteiger partial charge >= 0.3 is 12.1 Å². The number of ether oxygens (including phenoxy) is 1. The zero-order valence-electron chi connectivity index (χ0n) is 17.7. The first-order valence-corrected chi connectivity index (χ1v) is 10.9. The number of aromatic carboxylic acids is 1. The SMILES string of the molecule is CC(C)(C)OC(=O)NCCN1C(=O)C(=Cc2ccc(-c3ccc(C(=O)O)cc3)o2)SC1=S. The van der Waals surface area contributed by atoms with Crippen molar-refractivity contribution in [3.05, 3.63) is 52.6 Å². The largest absolute Gasteiger partial charge is 0.478 e. The van der Waals surface area contributed by atoms with E-state index in [1.165, 1.54) is 17.0 Å². The van der Waals surface area contributed by atoms with E-state index in [0.29, 0.717) is 20.7 Å². The van der Waals surface area contributed by atoms with Crippen LogP contribution in [0.2, 0.25) is 0 Å². The molecule has 0 atom stereocenters. The summed E-state index contributed by atoms with van der Waals surface area (Å²) >= 11 is 6.45. The van der Waals surface area contributed by atoms with Crippen LogP contribution < -0.4 is 5.32 Å². The maximum Gasteiger partial charge on any atom is 0.407 e. The van der Waals surface area contributed by atoms with Gasteiger partial charge in [0.15, 0.2) is 0 Å². The van der Waals surface area contributed by atoms with Crippen molar-refractivity contribution >= 4 is 52.3 Å². The van der Waals surface area contributed by atoms with Crippen LogP contribution in [0.15, 0.2) is 45.7 Å². The summed E-state index contributed by atoms with van der Waals surface area (Å²) in [5, 5.41) is 11.6. The molecule has 2 amide bonds. The third-order valence-electron chi connectivity index (χ3n) is 4.19. The van der Waals surface area contributed by atoms with Gasteiger partial charge in [-0.1, -0.05) is 36.1 Å². The van der Waals surface area contributed by atoms with Gasteiger partial charge in [-0.25, -0.2) is 9.59 Å². The van der Waals surface area contributed by atoms with Crippen LogP contribution in [0, 0.1) is 0 Å². The van der Waals surface area contributed by atoms with Crippen LogP contribution in [-0.4, -0.2) is 51.0 Å². The van der Waals surface area contributed by atoms with E-state index in [0.717, 1.165) is 17.3 Å². The number of amides is 2. The third kappa shape index (κ3) is 5.98. The second-order valence-electron chi connectivity index (χ2n) is 7.85. The Labute approximate surface area is 194 Å². The predicted octanol–water partition coefficient (Wildman–Crippen LogP) is 4.37. The molecule has 10 heteroatoms. The summed E-state index contributed by atoms with van der Waals surface area (Å²) in [4.78, 5) is 37.3. The first kappa shape index (κ1) is 23.6. The Bertz CT molecular complexity index is 1080. The van der Waals surface area contributed by atoms with E-state index in [4.69, 9.17) is 26.5 Å². The van der Waals surface area contributed by atoms with E-state index < -0.39 is 17.7 Å². The van der Waals surface area contributed by atoms with Crippen molar-refractivity contribution in [2.24, 2.45) is 0 Å². The predicted molar refractivity (Wildman–Crippen MR) is 125 cm³/mol. The first-order chi connectivity index (χ1) is 15.0. The zero-order valence-corrected chi connectivity index (χ0v) is 19.3. The number of nitrogens with one attached hydrogen (secondary N) is 1. The Hall–Kier alpha value is -3.11. The maximum absolute atomic E-state index is 12.7. The van der Waals surface area contributed by atoms with Crippen molar-refractivity contribution in [3.63, 3.8) is 0 Å². The van der Waals surface area contributed by atoms with Crippen molar-refractivity contribution in [3.8, 4) is 11.3 Å². The van der Waals surface area contributed by atoms with Gasteiger partial charge in [0.1, 0.15) is 21.4 Å². The summed E-state index contributed by atoms with van der Waals surface area (Å²) in [5.74, 6) is -0.255. The topological polar surface area (TPSA) is 109 Å². The molecule has 1 saturated heterocycles. The number of carbonyl (C=O) groups is 3. The van der Waals surface area contributed by atoms with Gasteiger partial charge in [-0.3, -0.25) is 9.69 Å². The Kier molecular flexibility index (Phi) is 7.05. The highest BCUT2D eigenvalue weighted by Gasteiger charge is 2.32. The van der Waals surface area contributed by atoms with Gasteiger partial charge in [-0.2, -0.15) is 0 Å². The van der Waals surface area contributed by atoms with Crippen LogP contribution in [0.3, 0.4) is 0 Å². The number of thiocarbonyl (C=S) groups is 1. The lowest BCUT2D eigenvalue weighted by Gasteiger charge is -2.20.